The monoisotopic (exact) mass is 335 g/mol. The second-order valence-electron chi connectivity index (χ2n) is 5.44. The Labute approximate surface area is 139 Å². The molecule has 122 valence electrons. The number of carbonyl (C=O) groups is 1. The Hall–Kier alpha value is -2.15. The summed E-state index contributed by atoms with van der Waals surface area (Å²) in [6, 6.07) is 1.62. The maximum atomic E-state index is 12.5. The summed E-state index contributed by atoms with van der Waals surface area (Å²) in [6.07, 6.45) is 6.12. The molecule has 1 N–H and O–H groups in total. The van der Waals surface area contributed by atoms with Crippen LogP contribution in [0.4, 0.5) is 5.82 Å². The number of carbonyl (C=O) groups excluding carboxylic acids is 1. The third kappa shape index (κ3) is 3.61. The molecule has 2 aromatic rings. The van der Waals surface area contributed by atoms with E-state index < -0.39 is 0 Å². The zero-order valence-corrected chi connectivity index (χ0v) is 13.6. The van der Waals surface area contributed by atoms with Crippen LogP contribution in [0.15, 0.2) is 23.0 Å². The SMILES string of the molecule is CNc1cncc([C@@H]2CCCN2C(=O)CCc2cc(Cl)no2)n1. The quantitative estimate of drug-likeness (QED) is 0.903. The molecule has 0 saturated carbocycles. The molecule has 0 radical (unpaired) electrons. The molecule has 0 unspecified atom stereocenters. The number of anilines is 1. The summed E-state index contributed by atoms with van der Waals surface area (Å²) in [4.78, 5) is 23.1. The zero-order valence-electron chi connectivity index (χ0n) is 12.8. The van der Waals surface area contributed by atoms with Crippen molar-refractivity contribution >= 4 is 23.3 Å². The third-order valence-electron chi connectivity index (χ3n) is 3.94. The molecule has 1 aliphatic heterocycles. The number of aromatic nitrogens is 3. The van der Waals surface area contributed by atoms with E-state index in [1.54, 1.807) is 25.5 Å². The van der Waals surface area contributed by atoms with Crippen LogP contribution in [-0.2, 0) is 11.2 Å². The standard InChI is InChI=1S/C15H18ClN5O2/c1-17-14-9-18-8-11(19-14)12-3-2-6-21(12)15(22)5-4-10-7-13(16)20-23-10/h7-9,12H,2-6H2,1H3,(H,17,19)/t12-/m0/s1. The summed E-state index contributed by atoms with van der Waals surface area (Å²) in [6.45, 7) is 0.742. The molecular formula is C15H18ClN5O2. The second kappa shape index (κ2) is 6.95. The van der Waals surface area contributed by atoms with Gasteiger partial charge in [0.15, 0.2) is 5.15 Å². The number of halogens is 1. The number of likely N-dealkylation sites (tertiary alicyclic amines) is 1. The smallest absolute Gasteiger partial charge is 0.223 e. The number of nitrogens with zero attached hydrogens (tertiary/aromatic N) is 4. The van der Waals surface area contributed by atoms with Gasteiger partial charge in [0.05, 0.1) is 24.1 Å². The highest BCUT2D eigenvalue weighted by Crippen LogP contribution is 2.31. The average molecular weight is 336 g/mol. The van der Waals surface area contributed by atoms with Gasteiger partial charge in [-0.2, -0.15) is 0 Å². The fourth-order valence-corrected chi connectivity index (χ4v) is 2.97. The van der Waals surface area contributed by atoms with Crippen LogP contribution in [0.3, 0.4) is 0 Å². The summed E-state index contributed by atoms with van der Waals surface area (Å²) < 4.78 is 5.04. The van der Waals surface area contributed by atoms with Crippen molar-refractivity contribution in [3.05, 3.63) is 35.1 Å². The molecule has 1 atom stereocenters. The number of nitrogens with one attached hydrogen (secondary N) is 1. The lowest BCUT2D eigenvalue weighted by molar-refractivity contribution is -0.132. The van der Waals surface area contributed by atoms with Gasteiger partial charge in [-0.1, -0.05) is 16.8 Å². The van der Waals surface area contributed by atoms with Gasteiger partial charge in [0, 0.05) is 32.5 Å². The van der Waals surface area contributed by atoms with Gasteiger partial charge < -0.3 is 14.7 Å². The Morgan fingerprint density at radius 1 is 1.52 bits per heavy atom. The molecule has 0 spiro atoms. The minimum absolute atomic E-state index is 0.0124. The number of hydrogen-bond donors (Lipinski definition) is 1. The first kappa shape index (κ1) is 15.7. The first-order chi connectivity index (χ1) is 11.2. The third-order valence-corrected chi connectivity index (χ3v) is 4.12. The van der Waals surface area contributed by atoms with Crippen molar-refractivity contribution < 1.29 is 9.32 Å². The van der Waals surface area contributed by atoms with E-state index in [-0.39, 0.29) is 11.9 Å². The lowest BCUT2D eigenvalue weighted by atomic mass is 10.1. The van der Waals surface area contributed by atoms with E-state index in [1.807, 2.05) is 4.90 Å². The number of amides is 1. The summed E-state index contributed by atoms with van der Waals surface area (Å²) in [7, 11) is 1.80. The molecule has 0 aromatic carbocycles. The van der Waals surface area contributed by atoms with Gasteiger partial charge in [-0.05, 0) is 12.8 Å². The van der Waals surface area contributed by atoms with Crippen LogP contribution in [0, 0.1) is 0 Å². The Bertz CT molecular complexity index is 690. The highest BCUT2D eigenvalue weighted by molar-refractivity contribution is 6.29. The molecular weight excluding hydrogens is 318 g/mol. The highest BCUT2D eigenvalue weighted by Gasteiger charge is 2.31. The topological polar surface area (TPSA) is 84.2 Å². The minimum Gasteiger partial charge on any atom is -0.372 e. The lowest BCUT2D eigenvalue weighted by Crippen LogP contribution is -2.31. The van der Waals surface area contributed by atoms with E-state index in [1.165, 1.54) is 0 Å². The summed E-state index contributed by atoms with van der Waals surface area (Å²) in [5, 5.41) is 6.90. The first-order valence-corrected chi connectivity index (χ1v) is 7.95. The van der Waals surface area contributed by atoms with Crippen LogP contribution in [-0.4, -0.2) is 39.5 Å². The number of rotatable bonds is 5. The predicted molar refractivity (Wildman–Crippen MR) is 85.1 cm³/mol. The predicted octanol–water partition coefficient (Wildman–Crippen LogP) is 2.46. The first-order valence-electron chi connectivity index (χ1n) is 7.57. The van der Waals surface area contributed by atoms with Crippen molar-refractivity contribution in [2.45, 2.75) is 31.7 Å². The molecule has 0 bridgehead atoms. The van der Waals surface area contributed by atoms with E-state index in [0.29, 0.717) is 29.6 Å². The van der Waals surface area contributed by atoms with Crippen LogP contribution in [0.5, 0.6) is 0 Å². The largest absolute Gasteiger partial charge is 0.372 e. The van der Waals surface area contributed by atoms with Gasteiger partial charge >= 0.3 is 0 Å². The normalized spacial score (nSPS) is 17.5. The molecule has 3 rings (SSSR count). The van der Waals surface area contributed by atoms with Crippen LogP contribution in [0.25, 0.3) is 0 Å². The lowest BCUT2D eigenvalue weighted by Gasteiger charge is -2.24. The molecule has 1 fully saturated rings. The van der Waals surface area contributed by atoms with Gasteiger partial charge in [-0.25, -0.2) is 4.98 Å². The molecule has 8 heteroatoms. The molecule has 1 amide bonds. The van der Waals surface area contributed by atoms with Crippen molar-refractivity contribution in [3.8, 4) is 0 Å². The van der Waals surface area contributed by atoms with Crippen LogP contribution >= 0.6 is 11.6 Å². The van der Waals surface area contributed by atoms with Crippen molar-refractivity contribution in [3.63, 3.8) is 0 Å². The zero-order chi connectivity index (χ0) is 16.2. The molecule has 1 saturated heterocycles. The molecule has 3 heterocycles. The summed E-state index contributed by atoms with van der Waals surface area (Å²) in [5.41, 5.74) is 0.824. The van der Waals surface area contributed by atoms with Gasteiger partial charge in [0.2, 0.25) is 5.91 Å². The van der Waals surface area contributed by atoms with Crippen LogP contribution < -0.4 is 5.32 Å². The maximum absolute atomic E-state index is 12.5. The highest BCUT2D eigenvalue weighted by atomic mass is 35.5. The molecule has 2 aromatic heterocycles. The van der Waals surface area contributed by atoms with Crippen LogP contribution in [0.1, 0.15) is 36.8 Å². The molecule has 7 nitrogen and oxygen atoms in total. The van der Waals surface area contributed by atoms with E-state index in [0.717, 1.165) is 25.1 Å². The van der Waals surface area contributed by atoms with Crippen LogP contribution in [0.2, 0.25) is 5.15 Å². The minimum atomic E-state index is -0.0124. The van der Waals surface area contributed by atoms with Gasteiger partial charge in [-0.3, -0.25) is 9.78 Å². The Morgan fingerprint density at radius 3 is 3.13 bits per heavy atom. The van der Waals surface area contributed by atoms with Gasteiger partial charge in [0.1, 0.15) is 11.6 Å². The van der Waals surface area contributed by atoms with E-state index >= 15 is 0 Å². The Morgan fingerprint density at radius 2 is 2.39 bits per heavy atom. The summed E-state index contributed by atoms with van der Waals surface area (Å²) >= 11 is 5.71. The Balaban J connectivity index is 1.66. The van der Waals surface area contributed by atoms with Gasteiger partial charge in [-0.15, -0.1) is 0 Å². The van der Waals surface area contributed by atoms with Crippen molar-refractivity contribution in [1.82, 2.24) is 20.0 Å². The fraction of sp³-hybridized carbons (Fsp3) is 0.467. The van der Waals surface area contributed by atoms with E-state index in [9.17, 15) is 4.79 Å². The van der Waals surface area contributed by atoms with E-state index in [4.69, 9.17) is 16.1 Å². The fourth-order valence-electron chi connectivity index (χ4n) is 2.81. The van der Waals surface area contributed by atoms with Crippen molar-refractivity contribution in [2.75, 3.05) is 18.9 Å². The molecule has 1 aliphatic rings. The van der Waals surface area contributed by atoms with Crippen molar-refractivity contribution in [2.24, 2.45) is 0 Å². The maximum Gasteiger partial charge on any atom is 0.223 e. The van der Waals surface area contributed by atoms with Crippen molar-refractivity contribution in [1.29, 1.82) is 0 Å². The van der Waals surface area contributed by atoms with E-state index in [2.05, 4.69) is 20.4 Å². The summed E-state index contributed by atoms with van der Waals surface area (Å²) in [5.74, 6) is 1.41. The number of aryl methyl sites for hydroxylation is 1. The molecule has 0 aliphatic carbocycles. The van der Waals surface area contributed by atoms with Gasteiger partial charge in [0.25, 0.3) is 0 Å². The Kier molecular flexibility index (Phi) is 4.76. The number of hydrogen-bond acceptors (Lipinski definition) is 6. The second-order valence-corrected chi connectivity index (χ2v) is 5.83. The molecule has 23 heavy (non-hydrogen) atoms. The average Bonchev–Trinajstić information content (AvgIpc) is 3.21.